The lowest BCUT2D eigenvalue weighted by atomic mass is 9.74. The summed E-state index contributed by atoms with van der Waals surface area (Å²) in [6, 6.07) is 6.77. The van der Waals surface area contributed by atoms with Gasteiger partial charge in [0.05, 0.1) is 22.3 Å². The fourth-order valence-corrected chi connectivity index (χ4v) is 4.64. The number of benzene rings is 1. The van der Waals surface area contributed by atoms with Crippen LogP contribution in [-0.2, 0) is 4.74 Å². The molecule has 4 rings (SSSR count). The molecule has 2 atom stereocenters. The lowest BCUT2D eigenvalue weighted by Crippen LogP contribution is -2.44. The summed E-state index contributed by atoms with van der Waals surface area (Å²) in [5.74, 6) is 1.60. The van der Waals surface area contributed by atoms with E-state index in [0.29, 0.717) is 46.4 Å². The highest BCUT2D eigenvalue weighted by molar-refractivity contribution is 6.43. The largest absolute Gasteiger partial charge is 0.381 e. The third kappa shape index (κ3) is 3.14. The molecule has 2 saturated heterocycles. The van der Waals surface area contributed by atoms with Crippen molar-refractivity contribution in [1.82, 2.24) is 9.55 Å². The molecule has 1 aromatic heterocycles. The smallest absolute Gasteiger partial charge is 0.260 e. The van der Waals surface area contributed by atoms with Crippen molar-refractivity contribution in [3.8, 4) is 5.69 Å². The molecule has 3 heterocycles. The van der Waals surface area contributed by atoms with Crippen LogP contribution < -0.4 is 16.2 Å². The zero-order valence-electron chi connectivity index (χ0n) is 15.1. The number of aryl methyl sites for hydroxylation is 1. The van der Waals surface area contributed by atoms with Crippen LogP contribution in [0, 0.1) is 18.3 Å². The molecule has 0 spiro atoms. The number of anilines is 1. The standard InChI is InChI=1S/C19H22Cl2N4O2/c1-12-23-16(24-8-13-9-27-6-5-19(13,10-22)11-24)7-17(26)25(12)15-4-2-3-14(20)18(15)21/h2-4,7,13H,5-6,8-11,22H2,1H3/t13-,19?/m0/s1. The van der Waals surface area contributed by atoms with Gasteiger partial charge in [-0.2, -0.15) is 0 Å². The van der Waals surface area contributed by atoms with Crippen molar-refractivity contribution in [3.63, 3.8) is 0 Å². The van der Waals surface area contributed by atoms with Crippen molar-refractivity contribution >= 4 is 29.0 Å². The predicted octanol–water partition coefficient (Wildman–Crippen LogP) is 2.65. The van der Waals surface area contributed by atoms with Crippen LogP contribution in [0.3, 0.4) is 0 Å². The topological polar surface area (TPSA) is 73.4 Å². The molecule has 2 N–H and O–H groups in total. The maximum absolute atomic E-state index is 12.9. The van der Waals surface area contributed by atoms with Gasteiger partial charge in [-0.25, -0.2) is 4.98 Å². The van der Waals surface area contributed by atoms with E-state index >= 15 is 0 Å². The molecule has 0 saturated carbocycles. The second-order valence-corrected chi connectivity index (χ2v) is 8.16. The van der Waals surface area contributed by atoms with Crippen molar-refractivity contribution in [3.05, 3.63) is 50.5 Å². The van der Waals surface area contributed by atoms with E-state index < -0.39 is 0 Å². The van der Waals surface area contributed by atoms with Gasteiger partial charge in [0, 0.05) is 43.6 Å². The minimum Gasteiger partial charge on any atom is -0.381 e. The number of fused-ring (bicyclic) bond motifs is 1. The van der Waals surface area contributed by atoms with Gasteiger partial charge in [0.25, 0.3) is 5.56 Å². The SMILES string of the molecule is Cc1nc(N2C[C@H]3COCCC3(CN)C2)cc(=O)n1-c1cccc(Cl)c1Cl. The zero-order valence-corrected chi connectivity index (χ0v) is 16.6. The molecule has 6 nitrogen and oxygen atoms in total. The predicted molar refractivity (Wildman–Crippen MR) is 107 cm³/mol. The van der Waals surface area contributed by atoms with Crippen molar-refractivity contribution in [2.45, 2.75) is 13.3 Å². The fraction of sp³-hybridized carbons (Fsp3) is 0.474. The van der Waals surface area contributed by atoms with Crippen LogP contribution in [0.5, 0.6) is 0 Å². The van der Waals surface area contributed by atoms with Gasteiger partial charge in [-0.1, -0.05) is 29.3 Å². The fourth-order valence-electron chi connectivity index (χ4n) is 4.26. The third-order valence-electron chi connectivity index (χ3n) is 5.85. The number of hydrogen-bond donors (Lipinski definition) is 1. The van der Waals surface area contributed by atoms with Crippen LogP contribution in [-0.4, -0.2) is 42.4 Å². The summed E-state index contributed by atoms with van der Waals surface area (Å²) in [4.78, 5) is 19.7. The van der Waals surface area contributed by atoms with E-state index in [4.69, 9.17) is 38.7 Å². The summed E-state index contributed by atoms with van der Waals surface area (Å²) in [5.41, 5.74) is 6.50. The summed E-state index contributed by atoms with van der Waals surface area (Å²) in [5, 5.41) is 0.739. The maximum atomic E-state index is 12.9. The summed E-state index contributed by atoms with van der Waals surface area (Å²) in [6.07, 6.45) is 0.943. The van der Waals surface area contributed by atoms with E-state index in [9.17, 15) is 4.79 Å². The van der Waals surface area contributed by atoms with E-state index in [-0.39, 0.29) is 11.0 Å². The molecule has 8 heteroatoms. The van der Waals surface area contributed by atoms with Crippen LogP contribution in [0.15, 0.2) is 29.1 Å². The molecule has 0 radical (unpaired) electrons. The van der Waals surface area contributed by atoms with Crippen molar-refractivity contribution in [2.24, 2.45) is 17.1 Å². The third-order valence-corrected chi connectivity index (χ3v) is 6.66. The summed E-state index contributed by atoms with van der Waals surface area (Å²) in [6.45, 7) is 5.46. The Balaban J connectivity index is 1.71. The molecule has 144 valence electrons. The molecule has 2 aliphatic rings. The minimum absolute atomic E-state index is 0.0406. The van der Waals surface area contributed by atoms with Crippen LogP contribution in [0.4, 0.5) is 5.82 Å². The highest BCUT2D eigenvalue weighted by Gasteiger charge is 2.47. The van der Waals surface area contributed by atoms with Gasteiger partial charge in [-0.15, -0.1) is 0 Å². The van der Waals surface area contributed by atoms with E-state index in [0.717, 1.165) is 26.1 Å². The molecule has 2 aromatic rings. The molecule has 2 aliphatic heterocycles. The van der Waals surface area contributed by atoms with E-state index in [1.54, 1.807) is 31.2 Å². The zero-order chi connectivity index (χ0) is 19.2. The Morgan fingerprint density at radius 2 is 2.22 bits per heavy atom. The van der Waals surface area contributed by atoms with E-state index in [1.807, 2.05) is 0 Å². The average molecular weight is 409 g/mol. The first-order valence-electron chi connectivity index (χ1n) is 9.03. The molecule has 2 fully saturated rings. The number of ether oxygens (including phenoxy) is 1. The highest BCUT2D eigenvalue weighted by Crippen LogP contribution is 2.42. The molecule has 1 unspecified atom stereocenters. The Kier molecular flexibility index (Phi) is 4.93. The summed E-state index contributed by atoms with van der Waals surface area (Å²) >= 11 is 12.4. The van der Waals surface area contributed by atoms with Gasteiger partial charge in [-0.3, -0.25) is 9.36 Å². The minimum atomic E-state index is -0.186. The number of aromatic nitrogens is 2. The van der Waals surface area contributed by atoms with E-state index in [2.05, 4.69) is 4.90 Å². The first kappa shape index (κ1) is 18.7. The lowest BCUT2D eigenvalue weighted by molar-refractivity contribution is -0.0102. The van der Waals surface area contributed by atoms with Crippen LogP contribution in [0.1, 0.15) is 12.2 Å². The van der Waals surface area contributed by atoms with Gasteiger partial charge in [0.15, 0.2) is 0 Å². The van der Waals surface area contributed by atoms with Gasteiger partial charge in [0.1, 0.15) is 11.6 Å². The number of nitrogens with two attached hydrogens (primary N) is 1. The first-order chi connectivity index (χ1) is 12.9. The highest BCUT2D eigenvalue weighted by atomic mass is 35.5. The Hall–Kier alpha value is -1.60. The summed E-state index contributed by atoms with van der Waals surface area (Å²) < 4.78 is 7.14. The van der Waals surface area contributed by atoms with Crippen molar-refractivity contribution in [2.75, 3.05) is 37.7 Å². The second-order valence-electron chi connectivity index (χ2n) is 7.38. The molecule has 0 amide bonds. The average Bonchev–Trinajstić information content (AvgIpc) is 3.05. The van der Waals surface area contributed by atoms with Crippen molar-refractivity contribution in [1.29, 1.82) is 0 Å². The summed E-state index contributed by atoms with van der Waals surface area (Å²) in [7, 11) is 0. The van der Waals surface area contributed by atoms with Gasteiger partial charge >= 0.3 is 0 Å². The first-order valence-corrected chi connectivity index (χ1v) is 9.78. The number of rotatable bonds is 3. The molecule has 1 aromatic carbocycles. The van der Waals surface area contributed by atoms with Crippen molar-refractivity contribution < 1.29 is 4.74 Å². The molecular formula is C19H22Cl2N4O2. The van der Waals surface area contributed by atoms with Gasteiger partial charge in [0.2, 0.25) is 0 Å². The van der Waals surface area contributed by atoms with Crippen LogP contribution >= 0.6 is 23.2 Å². The maximum Gasteiger partial charge on any atom is 0.260 e. The monoisotopic (exact) mass is 408 g/mol. The molecule has 0 aliphatic carbocycles. The van der Waals surface area contributed by atoms with Crippen LogP contribution in [0.2, 0.25) is 10.0 Å². The molecule has 0 bridgehead atoms. The Labute approximate surface area is 167 Å². The Morgan fingerprint density at radius 1 is 1.41 bits per heavy atom. The number of nitrogens with zero attached hydrogens (tertiary/aromatic N) is 3. The van der Waals surface area contributed by atoms with Crippen LogP contribution in [0.25, 0.3) is 5.69 Å². The molecule has 27 heavy (non-hydrogen) atoms. The molecular weight excluding hydrogens is 387 g/mol. The second kappa shape index (κ2) is 7.09. The normalized spacial score (nSPS) is 24.9. The quantitative estimate of drug-likeness (QED) is 0.844. The number of halogens is 2. The Morgan fingerprint density at radius 3 is 2.93 bits per heavy atom. The van der Waals surface area contributed by atoms with Gasteiger partial charge in [-0.05, 0) is 25.5 Å². The van der Waals surface area contributed by atoms with Gasteiger partial charge < -0.3 is 15.4 Å². The lowest BCUT2D eigenvalue weighted by Gasteiger charge is -2.37. The Bertz CT molecular complexity index is 932. The number of hydrogen-bond acceptors (Lipinski definition) is 5. The van der Waals surface area contributed by atoms with E-state index in [1.165, 1.54) is 4.57 Å².